The molecule has 0 aromatic carbocycles. The molecule has 0 saturated carbocycles. The van der Waals surface area contributed by atoms with Crippen molar-refractivity contribution in [2.24, 2.45) is 0 Å². The maximum atomic E-state index is 7.00. The average Bonchev–Trinajstić information content (AvgIpc) is 2.11. The van der Waals surface area contributed by atoms with Crippen molar-refractivity contribution < 1.29 is 23.6 Å². The molecule has 0 bridgehead atoms. The normalized spacial score (nSPS) is 11.5. The van der Waals surface area contributed by atoms with Gasteiger partial charge in [-0.2, -0.15) is 0 Å². The van der Waals surface area contributed by atoms with Crippen molar-refractivity contribution >= 4 is 0 Å². The molecule has 1 atom stereocenters. The molecular weight excluding hydrogens is 155 g/mol. The van der Waals surface area contributed by atoms with Crippen LogP contribution < -0.4 is 18.9 Å². The minimum atomic E-state index is -0.0588. The molecule has 0 aliphatic heterocycles. The predicted molar refractivity (Wildman–Crippen MR) is 51.3 cm³/mol. The van der Waals surface area contributed by atoms with Gasteiger partial charge in [-0.1, -0.05) is 33.1 Å². The summed E-state index contributed by atoms with van der Waals surface area (Å²) in [5, 5.41) is 0. The number of ether oxygens (including phenoxy) is 1. The fourth-order valence-corrected chi connectivity index (χ4v) is 0.957. The van der Waals surface area contributed by atoms with E-state index in [0.29, 0.717) is 0 Å². The van der Waals surface area contributed by atoms with E-state index in [1.807, 2.05) is 0 Å². The van der Waals surface area contributed by atoms with Crippen LogP contribution in [0, 0.1) is 12.3 Å². The Hall–Kier alpha value is 0.117. The zero-order chi connectivity index (χ0) is 9.23. The molecule has 13 heavy (non-hydrogen) atoms. The molecule has 0 aliphatic carbocycles. The minimum Gasteiger partial charge on any atom is -0.691 e. The summed E-state index contributed by atoms with van der Waals surface area (Å²) in [5.74, 6) is 2.42. The van der Waals surface area contributed by atoms with Crippen molar-refractivity contribution in [3.63, 3.8) is 0 Å². The van der Waals surface area contributed by atoms with Crippen molar-refractivity contribution in [2.45, 2.75) is 52.1 Å². The van der Waals surface area contributed by atoms with Crippen molar-refractivity contribution in [2.75, 3.05) is 6.61 Å². The Balaban J connectivity index is 0. The molecule has 0 rings (SSSR count). The first-order chi connectivity index (χ1) is 5.85. The van der Waals surface area contributed by atoms with Crippen LogP contribution in [0.25, 0.3) is 0 Å². The van der Waals surface area contributed by atoms with E-state index in [9.17, 15) is 0 Å². The Morgan fingerprint density at radius 2 is 1.85 bits per heavy atom. The first-order valence-electron chi connectivity index (χ1n) is 4.89. The summed E-state index contributed by atoms with van der Waals surface area (Å²) >= 11 is 0. The van der Waals surface area contributed by atoms with E-state index in [4.69, 9.17) is 11.2 Å². The van der Waals surface area contributed by atoms with Gasteiger partial charge < -0.3 is 17.1 Å². The predicted octanol–water partition coefficient (Wildman–Crippen LogP) is -0.0443. The smallest absolute Gasteiger partial charge is 0.691 e. The van der Waals surface area contributed by atoms with Crippen LogP contribution in [0.15, 0.2) is 0 Å². The SMILES string of the molecule is [C-]#CC(CCCC)OCCCC.[Li+]. The van der Waals surface area contributed by atoms with Gasteiger partial charge >= 0.3 is 18.9 Å². The molecule has 2 heteroatoms. The maximum absolute atomic E-state index is 7.00. The molecule has 0 saturated heterocycles. The van der Waals surface area contributed by atoms with Crippen LogP contribution in [0.5, 0.6) is 0 Å². The third kappa shape index (κ3) is 10.0. The van der Waals surface area contributed by atoms with Crippen LogP contribution in [0.1, 0.15) is 46.0 Å². The molecule has 0 fully saturated rings. The van der Waals surface area contributed by atoms with Gasteiger partial charge in [0.05, 0.1) is 6.10 Å². The second-order valence-corrected chi connectivity index (χ2v) is 3.00. The summed E-state index contributed by atoms with van der Waals surface area (Å²) in [4.78, 5) is 0. The Morgan fingerprint density at radius 3 is 2.31 bits per heavy atom. The van der Waals surface area contributed by atoms with Gasteiger partial charge in [-0.05, 0) is 12.8 Å². The van der Waals surface area contributed by atoms with Crippen molar-refractivity contribution in [3.05, 3.63) is 6.42 Å². The van der Waals surface area contributed by atoms with E-state index in [0.717, 1.165) is 38.7 Å². The van der Waals surface area contributed by atoms with Crippen molar-refractivity contribution in [1.82, 2.24) is 0 Å². The van der Waals surface area contributed by atoms with Gasteiger partial charge in [-0.3, -0.25) is 0 Å². The van der Waals surface area contributed by atoms with E-state index in [1.54, 1.807) is 0 Å². The van der Waals surface area contributed by atoms with Gasteiger partial charge in [0.15, 0.2) is 0 Å². The molecule has 0 heterocycles. The Labute approximate surface area is 94.8 Å². The molecule has 0 aromatic heterocycles. The monoisotopic (exact) mass is 174 g/mol. The van der Waals surface area contributed by atoms with Crippen LogP contribution in [-0.4, -0.2) is 12.7 Å². The molecule has 0 aliphatic rings. The molecule has 0 N–H and O–H groups in total. The largest absolute Gasteiger partial charge is 1.00 e. The van der Waals surface area contributed by atoms with Crippen LogP contribution >= 0.6 is 0 Å². The molecule has 0 aromatic rings. The summed E-state index contributed by atoms with van der Waals surface area (Å²) in [5.41, 5.74) is 0. The zero-order valence-corrected chi connectivity index (χ0v) is 9.23. The Morgan fingerprint density at radius 1 is 1.23 bits per heavy atom. The number of unbranched alkanes of at least 4 members (excludes halogenated alkanes) is 2. The van der Waals surface area contributed by atoms with Gasteiger partial charge in [0.2, 0.25) is 0 Å². The summed E-state index contributed by atoms with van der Waals surface area (Å²) < 4.78 is 5.44. The van der Waals surface area contributed by atoms with Gasteiger partial charge in [-0.15, -0.1) is 0 Å². The number of rotatable bonds is 7. The van der Waals surface area contributed by atoms with E-state index >= 15 is 0 Å². The standard InChI is InChI=1S/C11H19O.Li/c1-4-7-9-11(6-3)12-10-8-5-2;/h11H,4-5,7-10H2,1-2H3;/q-1;+1. The zero-order valence-electron chi connectivity index (χ0n) is 9.23. The quantitative estimate of drug-likeness (QED) is 0.228. The third-order valence-electron chi connectivity index (χ3n) is 1.80. The van der Waals surface area contributed by atoms with E-state index < -0.39 is 0 Å². The molecule has 1 unspecified atom stereocenters. The van der Waals surface area contributed by atoms with Crippen molar-refractivity contribution in [1.29, 1.82) is 0 Å². The fraction of sp³-hybridized carbons (Fsp3) is 0.818. The van der Waals surface area contributed by atoms with E-state index in [-0.39, 0.29) is 25.0 Å². The van der Waals surface area contributed by atoms with Crippen LogP contribution in [-0.2, 0) is 4.74 Å². The molecule has 70 valence electrons. The van der Waals surface area contributed by atoms with Crippen LogP contribution in [0.3, 0.4) is 0 Å². The minimum absolute atomic E-state index is 0. The van der Waals surface area contributed by atoms with Crippen LogP contribution in [0.4, 0.5) is 0 Å². The summed E-state index contributed by atoms with van der Waals surface area (Å²) in [6.45, 7) is 5.06. The molecule has 1 nitrogen and oxygen atoms in total. The summed E-state index contributed by atoms with van der Waals surface area (Å²) in [6.07, 6.45) is 12.4. The topological polar surface area (TPSA) is 9.23 Å². The second-order valence-electron chi connectivity index (χ2n) is 3.00. The Kier molecular flexibility index (Phi) is 14.5. The van der Waals surface area contributed by atoms with Gasteiger partial charge in [0, 0.05) is 6.61 Å². The second kappa shape index (κ2) is 12.1. The van der Waals surface area contributed by atoms with Crippen LogP contribution in [0.2, 0.25) is 0 Å². The third-order valence-corrected chi connectivity index (χ3v) is 1.80. The van der Waals surface area contributed by atoms with Gasteiger partial charge in [0.1, 0.15) is 0 Å². The van der Waals surface area contributed by atoms with Crippen molar-refractivity contribution in [3.8, 4) is 5.92 Å². The van der Waals surface area contributed by atoms with Gasteiger partial charge in [-0.25, -0.2) is 0 Å². The van der Waals surface area contributed by atoms with E-state index in [1.165, 1.54) is 0 Å². The molecular formula is C11H19LiO. The number of hydrogen-bond donors (Lipinski definition) is 0. The molecule has 0 spiro atoms. The summed E-state index contributed by atoms with van der Waals surface area (Å²) in [7, 11) is 0. The number of hydrogen-bond acceptors (Lipinski definition) is 1. The first kappa shape index (κ1) is 15.6. The van der Waals surface area contributed by atoms with Gasteiger partial charge in [0.25, 0.3) is 0 Å². The Bertz CT molecular complexity index is 129. The van der Waals surface area contributed by atoms with E-state index in [2.05, 4.69) is 19.8 Å². The fourth-order valence-electron chi connectivity index (χ4n) is 0.957. The molecule has 0 amide bonds. The maximum Gasteiger partial charge on any atom is 1.00 e. The molecule has 0 radical (unpaired) electrons. The first-order valence-corrected chi connectivity index (χ1v) is 4.89. The summed E-state index contributed by atoms with van der Waals surface area (Å²) in [6, 6.07) is 0. The average molecular weight is 174 g/mol.